The molecule has 0 aromatic rings. The van der Waals surface area contributed by atoms with E-state index in [0.717, 1.165) is 6.42 Å². The maximum Gasteiger partial charge on any atom is 0.114 e. The van der Waals surface area contributed by atoms with Gasteiger partial charge in [-0.1, -0.05) is 6.92 Å². The van der Waals surface area contributed by atoms with Crippen LogP contribution in [-0.2, 0) is 0 Å². The standard InChI is InChI=1S/C10H21N3/c1-6-9(2,3)13(5)8-10(4,12)7-11/h6,8,12H2,1-5H3. The van der Waals surface area contributed by atoms with Crippen molar-refractivity contribution < 1.29 is 0 Å². The van der Waals surface area contributed by atoms with Gasteiger partial charge in [-0.05, 0) is 34.2 Å². The van der Waals surface area contributed by atoms with E-state index >= 15 is 0 Å². The molecule has 0 rings (SSSR count). The van der Waals surface area contributed by atoms with Gasteiger partial charge < -0.3 is 5.73 Å². The van der Waals surface area contributed by atoms with Crippen LogP contribution in [0.4, 0.5) is 0 Å². The molecule has 0 heterocycles. The van der Waals surface area contributed by atoms with Crippen LogP contribution < -0.4 is 5.73 Å². The highest BCUT2D eigenvalue weighted by Gasteiger charge is 2.27. The zero-order valence-corrected chi connectivity index (χ0v) is 9.39. The van der Waals surface area contributed by atoms with Gasteiger partial charge in [0, 0.05) is 12.1 Å². The van der Waals surface area contributed by atoms with Crippen molar-refractivity contribution in [2.75, 3.05) is 13.6 Å². The number of nitrogens with two attached hydrogens (primary N) is 1. The lowest BCUT2D eigenvalue weighted by molar-refractivity contribution is 0.133. The summed E-state index contributed by atoms with van der Waals surface area (Å²) in [5, 5.41) is 8.78. The summed E-state index contributed by atoms with van der Waals surface area (Å²) in [5.74, 6) is 0. The molecule has 0 fully saturated rings. The van der Waals surface area contributed by atoms with Gasteiger partial charge in [0.25, 0.3) is 0 Å². The lowest BCUT2D eigenvalue weighted by Gasteiger charge is -2.37. The summed E-state index contributed by atoms with van der Waals surface area (Å²) in [6.07, 6.45) is 1.05. The molecule has 3 nitrogen and oxygen atoms in total. The molecule has 76 valence electrons. The van der Waals surface area contributed by atoms with Crippen LogP contribution in [0.1, 0.15) is 34.1 Å². The Morgan fingerprint density at radius 2 is 1.85 bits per heavy atom. The molecule has 1 atom stereocenters. The van der Waals surface area contributed by atoms with Gasteiger partial charge in [0.15, 0.2) is 0 Å². The van der Waals surface area contributed by atoms with Crippen LogP contribution in [0.3, 0.4) is 0 Å². The minimum absolute atomic E-state index is 0.109. The van der Waals surface area contributed by atoms with Gasteiger partial charge in [-0.15, -0.1) is 0 Å². The zero-order chi connectivity index (χ0) is 10.7. The molecule has 2 N–H and O–H groups in total. The minimum Gasteiger partial charge on any atom is -0.313 e. The highest BCUT2D eigenvalue weighted by atomic mass is 15.2. The molecule has 0 aliphatic heterocycles. The Balaban J connectivity index is 4.33. The van der Waals surface area contributed by atoms with Crippen molar-refractivity contribution >= 4 is 0 Å². The maximum atomic E-state index is 8.78. The Morgan fingerprint density at radius 3 is 2.15 bits per heavy atom. The molecular formula is C10H21N3. The van der Waals surface area contributed by atoms with E-state index in [1.54, 1.807) is 6.92 Å². The van der Waals surface area contributed by atoms with Gasteiger partial charge in [0.05, 0.1) is 6.07 Å². The molecule has 0 bridgehead atoms. The van der Waals surface area contributed by atoms with Crippen molar-refractivity contribution in [1.29, 1.82) is 5.26 Å². The SMILES string of the molecule is CCC(C)(C)N(C)CC(C)(N)C#N. The molecule has 0 aliphatic rings. The number of nitriles is 1. The summed E-state index contributed by atoms with van der Waals surface area (Å²) in [6.45, 7) is 8.80. The lowest BCUT2D eigenvalue weighted by atomic mass is 9.96. The fourth-order valence-corrected chi connectivity index (χ4v) is 1.01. The number of likely N-dealkylation sites (N-methyl/N-ethyl adjacent to an activating group) is 1. The summed E-state index contributed by atoms with van der Waals surface area (Å²) in [5.41, 5.74) is 5.13. The second-order valence-corrected chi connectivity index (χ2v) is 4.55. The maximum absolute atomic E-state index is 8.78. The molecule has 13 heavy (non-hydrogen) atoms. The third-order valence-corrected chi connectivity index (χ3v) is 2.72. The van der Waals surface area contributed by atoms with Crippen molar-refractivity contribution in [3.63, 3.8) is 0 Å². The van der Waals surface area contributed by atoms with Crippen LogP contribution in [0.25, 0.3) is 0 Å². The second-order valence-electron chi connectivity index (χ2n) is 4.55. The molecular weight excluding hydrogens is 162 g/mol. The van der Waals surface area contributed by atoms with Crippen molar-refractivity contribution in [2.24, 2.45) is 5.73 Å². The summed E-state index contributed by atoms with van der Waals surface area (Å²) < 4.78 is 0. The van der Waals surface area contributed by atoms with Gasteiger partial charge >= 0.3 is 0 Å². The average molecular weight is 183 g/mol. The Morgan fingerprint density at radius 1 is 1.38 bits per heavy atom. The Labute approximate surface area is 81.5 Å². The Bertz CT molecular complexity index is 201. The van der Waals surface area contributed by atoms with Gasteiger partial charge in [-0.2, -0.15) is 5.26 Å². The van der Waals surface area contributed by atoms with Crippen LogP contribution in [0.15, 0.2) is 0 Å². The van der Waals surface area contributed by atoms with E-state index in [9.17, 15) is 0 Å². The summed E-state index contributed by atoms with van der Waals surface area (Å²) in [6, 6.07) is 2.10. The molecule has 0 amide bonds. The normalized spacial score (nSPS) is 16.8. The molecule has 0 radical (unpaired) electrons. The van der Waals surface area contributed by atoms with Gasteiger partial charge in [0.2, 0.25) is 0 Å². The highest BCUT2D eigenvalue weighted by Crippen LogP contribution is 2.17. The monoisotopic (exact) mass is 183 g/mol. The van der Waals surface area contributed by atoms with Gasteiger partial charge in [-0.25, -0.2) is 0 Å². The van der Waals surface area contributed by atoms with Crippen molar-refractivity contribution in [2.45, 2.75) is 45.2 Å². The fourth-order valence-electron chi connectivity index (χ4n) is 1.01. The average Bonchev–Trinajstić information content (AvgIpc) is 2.04. The number of nitrogens with zero attached hydrogens (tertiary/aromatic N) is 2. The molecule has 0 aliphatic carbocycles. The first-order valence-corrected chi connectivity index (χ1v) is 4.66. The molecule has 0 aromatic carbocycles. The predicted octanol–water partition coefficient (Wildman–Crippen LogP) is 1.35. The van der Waals surface area contributed by atoms with E-state index in [0.29, 0.717) is 6.54 Å². The number of rotatable bonds is 4. The fraction of sp³-hybridized carbons (Fsp3) is 0.900. The van der Waals surface area contributed by atoms with Gasteiger partial charge in [-0.3, -0.25) is 4.90 Å². The molecule has 0 saturated carbocycles. The van der Waals surface area contributed by atoms with Crippen LogP contribution in [0.2, 0.25) is 0 Å². The highest BCUT2D eigenvalue weighted by molar-refractivity contribution is 5.03. The van der Waals surface area contributed by atoms with Crippen molar-refractivity contribution in [3.8, 4) is 6.07 Å². The Hall–Kier alpha value is -0.590. The van der Waals surface area contributed by atoms with E-state index < -0.39 is 5.54 Å². The number of hydrogen-bond donors (Lipinski definition) is 1. The summed E-state index contributed by atoms with van der Waals surface area (Å²) >= 11 is 0. The largest absolute Gasteiger partial charge is 0.313 e. The van der Waals surface area contributed by atoms with Gasteiger partial charge in [0.1, 0.15) is 5.54 Å². The second kappa shape index (κ2) is 4.08. The molecule has 0 spiro atoms. The van der Waals surface area contributed by atoms with E-state index in [-0.39, 0.29) is 5.54 Å². The van der Waals surface area contributed by atoms with E-state index in [2.05, 4.69) is 31.7 Å². The first kappa shape index (κ1) is 12.4. The van der Waals surface area contributed by atoms with Crippen molar-refractivity contribution in [3.05, 3.63) is 0 Å². The smallest absolute Gasteiger partial charge is 0.114 e. The lowest BCUT2D eigenvalue weighted by Crippen LogP contribution is -2.52. The first-order valence-electron chi connectivity index (χ1n) is 4.66. The quantitative estimate of drug-likeness (QED) is 0.715. The molecule has 3 heteroatoms. The predicted molar refractivity (Wildman–Crippen MR) is 55.2 cm³/mol. The molecule has 0 aromatic heterocycles. The minimum atomic E-state index is -0.749. The molecule has 0 saturated heterocycles. The van der Waals surface area contributed by atoms with Crippen LogP contribution in [-0.4, -0.2) is 29.6 Å². The van der Waals surface area contributed by atoms with Crippen LogP contribution >= 0.6 is 0 Å². The van der Waals surface area contributed by atoms with E-state index in [1.165, 1.54) is 0 Å². The summed E-state index contributed by atoms with van der Waals surface area (Å²) in [7, 11) is 2.01. The topological polar surface area (TPSA) is 53.0 Å². The zero-order valence-electron chi connectivity index (χ0n) is 9.39. The van der Waals surface area contributed by atoms with E-state index in [4.69, 9.17) is 11.0 Å². The third-order valence-electron chi connectivity index (χ3n) is 2.72. The number of hydrogen-bond acceptors (Lipinski definition) is 3. The molecule has 1 unspecified atom stereocenters. The summed E-state index contributed by atoms with van der Waals surface area (Å²) in [4.78, 5) is 2.14. The van der Waals surface area contributed by atoms with Crippen molar-refractivity contribution in [1.82, 2.24) is 4.90 Å². The van der Waals surface area contributed by atoms with E-state index in [1.807, 2.05) is 7.05 Å². The Kier molecular flexibility index (Phi) is 3.89. The first-order chi connectivity index (χ1) is 5.75. The van der Waals surface area contributed by atoms with Crippen LogP contribution in [0.5, 0.6) is 0 Å². The van der Waals surface area contributed by atoms with Crippen LogP contribution in [0, 0.1) is 11.3 Å². The third kappa shape index (κ3) is 3.75.